The first kappa shape index (κ1) is 12.2. The summed E-state index contributed by atoms with van der Waals surface area (Å²) in [6.45, 7) is 2.14. The third kappa shape index (κ3) is 2.09. The van der Waals surface area contributed by atoms with Gasteiger partial charge in [-0.15, -0.1) is 0 Å². The zero-order chi connectivity index (χ0) is 14.2. The van der Waals surface area contributed by atoms with Crippen LogP contribution in [0.1, 0.15) is 5.56 Å². The molecular weight excluding hydrogens is 252 g/mol. The summed E-state index contributed by atoms with van der Waals surface area (Å²) in [5, 5.41) is 5.27. The van der Waals surface area contributed by atoms with E-state index in [9.17, 15) is 0 Å². The molecule has 4 aromatic rings. The van der Waals surface area contributed by atoms with Crippen LogP contribution in [0.15, 0.2) is 78.9 Å². The lowest BCUT2D eigenvalue weighted by molar-refractivity contribution is 1.51. The topological polar surface area (TPSA) is 0 Å². The number of hydrogen-bond acceptors (Lipinski definition) is 0. The fourth-order valence-electron chi connectivity index (χ4n) is 2.99. The monoisotopic (exact) mass is 268 g/mol. The predicted octanol–water partition coefficient (Wildman–Crippen LogP) is 5.97. The fraction of sp³-hybridized carbons (Fsp3) is 0.0476. The largest absolute Gasteiger partial charge is 0.0622 e. The van der Waals surface area contributed by atoms with E-state index >= 15 is 0 Å². The van der Waals surface area contributed by atoms with Crippen molar-refractivity contribution in [2.45, 2.75) is 6.92 Å². The third-order valence-corrected chi connectivity index (χ3v) is 4.10. The average molecular weight is 268 g/mol. The molecule has 100 valence electrons. The van der Waals surface area contributed by atoms with Gasteiger partial charge < -0.3 is 0 Å². The van der Waals surface area contributed by atoms with Gasteiger partial charge in [0.2, 0.25) is 0 Å². The van der Waals surface area contributed by atoms with E-state index in [-0.39, 0.29) is 0 Å². The highest BCUT2D eigenvalue weighted by molar-refractivity contribution is 6.08. The van der Waals surface area contributed by atoms with Gasteiger partial charge in [0.15, 0.2) is 0 Å². The van der Waals surface area contributed by atoms with Crippen LogP contribution in [0.4, 0.5) is 0 Å². The van der Waals surface area contributed by atoms with Crippen LogP contribution in [-0.2, 0) is 0 Å². The summed E-state index contributed by atoms with van der Waals surface area (Å²) in [7, 11) is 0. The molecule has 0 nitrogen and oxygen atoms in total. The summed E-state index contributed by atoms with van der Waals surface area (Å²) in [4.78, 5) is 0. The molecule has 4 rings (SSSR count). The molecule has 0 aliphatic carbocycles. The summed E-state index contributed by atoms with van der Waals surface area (Å²) in [6, 6.07) is 28.4. The van der Waals surface area contributed by atoms with Crippen LogP contribution in [0.2, 0.25) is 0 Å². The lowest BCUT2D eigenvalue weighted by Gasteiger charge is -2.08. The maximum absolute atomic E-state index is 2.31. The fourth-order valence-corrected chi connectivity index (χ4v) is 2.99. The van der Waals surface area contributed by atoms with E-state index in [2.05, 4.69) is 85.8 Å². The standard InChI is InChI=1S/C21H16/c1-15-7-12-20-19(13-15)11-9-17-8-10-18(14-21(17)20)16-5-3-2-4-6-16/h2-14H,1H3. The second kappa shape index (κ2) is 4.75. The molecule has 0 heteroatoms. The predicted molar refractivity (Wildman–Crippen MR) is 91.6 cm³/mol. The lowest BCUT2D eigenvalue weighted by atomic mass is 9.96. The number of fused-ring (bicyclic) bond motifs is 3. The van der Waals surface area contributed by atoms with Gasteiger partial charge >= 0.3 is 0 Å². The van der Waals surface area contributed by atoms with Crippen molar-refractivity contribution in [3.8, 4) is 11.1 Å². The number of hydrogen-bond donors (Lipinski definition) is 0. The van der Waals surface area contributed by atoms with Gasteiger partial charge in [-0.05, 0) is 45.7 Å². The second-order valence-electron chi connectivity index (χ2n) is 5.59. The van der Waals surface area contributed by atoms with Crippen LogP contribution >= 0.6 is 0 Å². The van der Waals surface area contributed by atoms with Crippen molar-refractivity contribution in [1.29, 1.82) is 0 Å². The Hall–Kier alpha value is -2.60. The Morgan fingerprint density at radius 1 is 0.524 bits per heavy atom. The molecule has 0 aliphatic rings. The molecule has 0 atom stereocenters. The Morgan fingerprint density at radius 2 is 1.29 bits per heavy atom. The van der Waals surface area contributed by atoms with Gasteiger partial charge in [0.1, 0.15) is 0 Å². The first-order valence-electron chi connectivity index (χ1n) is 7.30. The Kier molecular flexibility index (Phi) is 2.75. The van der Waals surface area contributed by atoms with Crippen molar-refractivity contribution in [3.05, 3.63) is 84.4 Å². The molecular formula is C21H16. The first-order chi connectivity index (χ1) is 10.3. The minimum absolute atomic E-state index is 1.27. The molecule has 0 radical (unpaired) electrons. The Balaban J connectivity index is 2.03. The maximum Gasteiger partial charge on any atom is -0.00992 e. The highest BCUT2D eigenvalue weighted by Crippen LogP contribution is 2.30. The maximum atomic E-state index is 2.31. The molecule has 0 saturated heterocycles. The molecule has 0 aliphatic heterocycles. The minimum Gasteiger partial charge on any atom is -0.0622 e. The molecule has 0 aromatic heterocycles. The lowest BCUT2D eigenvalue weighted by Crippen LogP contribution is -1.82. The molecule has 21 heavy (non-hydrogen) atoms. The van der Waals surface area contributed by atoms with Crippen molar-refractivity contribution in [1.82, 2.24) is 0 Å². The van der Waals surface area contributed by atoms with Gasteiger partial charge in [0.05, 0.1) is 0 Å². The highest BCUT2D eigenvalue weighted by Gasteiger charge is 2.03. The quantitative estimate of drug-likeness (QED) is 0.373. The Morgan fingerprint density at radius 3 is 2.14 bits per heavy atom. The van der Waals surface area contributed by atoms with Gasteiger partial charge in [-0.1, -0.05) is 78.4 Å². The van der Waals surface area contributed by atoms with Crippen molar-refractivity contribution < 1.29 is 0 Å². The second-order valence-corrected chi connectivity index (χ2v) is 5.59. The van der Waals surface area contributed by atoms with Crippen LogP contribution in [0, 0.1) is 6.92 Å². The van der Waals surface area contributed by atoms with Crippen molar-refractivity contribution in [2.24, 2.45) is 0 Å². The number of rotatable bonds is 1. The van der Waals surface area contributed by atoms with E-state index in [1.165, 1.54) is 38.2 Å². The van der Waals surface area contributed by atoms with Crippen molar-refractivity contribution in [2.75, 3.05) is 0 Å². The molecule has 0 unspecified atom stereocenters. The smallest absolute Gasteiger partial charge is 0.00992 e. The van der Waals surface area contributed by atoms with Crippen LogP contribution in [0.25, 0.3) is 32.7 Å². The van der Waals surface area contributed by atoms with Crippen LogP contribution in [0.5, 0.6) is 0 Å². The zero-order valence-electron chi connectivity index (χ0n) is 12.0. The summed E-state index contributed by atoms with van der Waals surface area (Å²) < 4.78 is 0. The normalized spacial score (nSPS) is 11.1. The van der Waals surface area contributed by atoms with E-state index in [1.807, 2.05) is 0 Å². The first-order valence-corrected chi connectivity index (χ1v) is 7.30. The van der Waals surface area contributed by atoms with E-state index in [0.29, 0.717) is 0 Å². The molecule has 0 heterocycles. The molecule has 0 N–H and O–H groups in total. The summed E-state index contributed by atoms with van der Waals surface area (Å²) in [5.74, 6) is 0. The summed E-state index contributed by atoms with van der Waals surface area (Å²) in [5.41, 5.74) is 3.85. The average Bonchev–Trinajstić information content (AvgIpc) is 2.54. The minimum atomic E-state index is 1.27. The summed E-state index contributed by atoms with van der Waals surface area (Å²) in [6.07, 6.45) is 0. The molecule has 0 fully saturated rings. The Bertz CT molecular complexity index is 934. The van der Waals surface area contributed by atoms with Gasteiger partial charge in [0.25, 0.3) is 0 Å². The van der Waals surface area contributed by atoms with E-state index < -0.39 is 0 Å². The number of aryl methyl sites for hydroxylation is 1. The SMILES string of the molecule is Cc1ccc2c(ccc3ccc(-c4ccccc4)cc32)c1. The van der Waals surface area contributed by atoms with Gasteiger partial charge in [-0.3, -0.25) is 0 Å². The summed E-state index contributed by atoms with van der Waals surface area (Å²) >= 11 is 0. The van der Waals surface area contributed by atoms with Gasteiger partial charge in [0, 0.05) is 0 Å². The van der Waals surface area contributed by atoms with Crippen molar-refractivity contribution >= 4 is 21.5 Å². The van der Waals surface area contributed by atoms with Crippen molar-refractivity contribution in [3.63, 3.8) is 0 Å². The van der Waals surface area contributed by atoms with E-state index in [1.54, 1.807) is 0 Å². The molecule has 0 amide bonds. The van der Waals surface area contributed by atoms with E-state index in [4.69, 9.17) is 0 Å². The molecule has 0 bridgehead atoms. The molecule has 0 spiro atoms. The zero-order valence-corrected chi connectivity index (χ0v) is 12.0. The van der Waals surface area contributed by atoms with Crippen LogP contribution < -0.4 is 0 Å². The van der Waals surface area contributed by atoms with Gasteiger partial charge in [-0.2, -0.15) is 0 Å². The Labute approximate surface area is 124 Å². The molecule has 4 aromatic carbocycles. The highest BCUT2D eigenvalue weighted by atomic mass is 14.1. The van der Waals surface area contributed by atoms with Gasteiger partial charge in [-0.25, -0.2) is 0 Å². The van der Waals surface area contributed by atoms with E-state index in [0.717, 1.165) is 0 Å². The van der Waals surface area contributed by atoms with Crippen LogP contribution in [-0.4, -0.2) is 0 Å². The third-order valence-electron chi connectivity index (χ3n) is 4.10. The van der Waals surface area contributed by atoms with Crippen LogP contribution in [0.3, 0.4) is 0 Å². The molecule has 0 saturated carbocycles. The number of benzene rings is 4.